The lowest BCUT2D eigenvalue weighted by atomic mass is 10.1. The summed E-state index contributed by atoms with van der Waals surface area (Å²) in [4.78, 5) is 23.5. The summed E-state index contributed by atoms with van der Waals surface area (Å²) in [6.45, 7) is 5.14. The number of rotatable bonds is 3. The molecule has 1 heterocycles. The Morgan fingerprint density at radius 1 is 1.40 bits per heavy atom. The Hall–Kier alpha value is -1.44. The molecule has 0 bridgehead atoms. The molecule has 1 saturated heterocycles. The van der Waals surface area contributed by atoms with Crippen LogP contribution < -0.4 is 0 Å². The van der Waals surface area contributed by atoms with E-state index < -0.39 is 36.0 Å². The van der Waals surface area contributed by atoms with Gasteiger partial charge in [-0.3, -0.25) is 0 Å². The van der Waals surface area contributed by atoms with Crippen molar-refractivity contribution < 1.29 is 33.0 Å². The number of alkyl halides is 2. The molecule has 116 valence electrons. The van der Waals surface area contributed by atoms with E-state index in [-0.39, 0.29) is 19.8 Å². The van der Waals surface area contributed by atoms with Gasteiger partial charge in [0.05, 0.1) is 19.3 Å². The number of hydrogen-bond donors (Lipinski definition) is 1. The number of amides is 1. The van der Waals surface area contributed by atoms with Crippen LogP contribution in [0.2, 0.25) is 0 Å². The maximum atomic E-state index is 13.3. The Bertz CT molecular complexity index is 381. The van der Waals surface area contributed by atoms with Gasteiger partial charge < -0.3 is 19.5 Å². The lowest BCUT2D eigenvalue weighted by Gasteiger charge is -2.37. The average molecular weight is 295 g/mol. The van der Waals surface area contributed by atoms with Crippen molar-refractivity contribution >= 4 is 12.1 Å². The van der Waals surface area contributed by atoms with Gasteiger partial charge in [0.15, 0.2) is 0 Å². The molecule has 6 nitrogen and oxygen atoms in total. The fraction of sp³-hybridized carbons (Fsp3) is 0.833. The van der Waals surface area contributed by atoms with Crippen LogP contribution in [-0.4, -0.2) is 59.4 Å². The maximum absolute atomic E-state index is 13.3. The molecule has 1 N–H and O–H groups in total. The van der Waals surface area contributed by atoms with E-state index in [1.54, 1.807) is 20.8 Å². The molecule has 0 radical (unpaired) electrons. The lowest BCUT2D eigenvalue weighted by Crippen LogP contribution is -2.53. The van der Waals surface area contributed by atoms with E-state index in [0.29, 0.717) is 0 Å². The minimum absolute atomic E-state index is 0.0925. The smallest absolute Gasteiger partial charge is 0.410 e. The van der Waals surface area contributed by atoms with Crippen LogP contribution in [0.5, 0.6) is 0 Å². The Morgan fingerprint density at radius 3 is 2.50 bits per heavy atom. The summed E-state index contributed by atoms with van der Waals surface area (Å²) in [7, 11) is 0. The van der Waals surface area contributed by atoms with Gasteiger partial charge in [0.1, 0.15) is 5.60 Å². The molecule has 1 amide bonds. The third-order valence-corrected chi connectivity index (χ3v) is 2.66. The third-order valence-electron chi connectivity index (χ3n) is 2.66. The molecule has 1 unspecified atom stereocenters. The van der Waals surface area contributed by atoms with Crippen LogP contribution >= 0.6 is 0 Å². The van der Waals surface area contributed by atoms with Gasteiger partial charge in [-0.15, -0.1) is 0 Å². The number of hydrogen-bond acceptors (Lipinski definition) is 4. The van der Waals surface area contributed by atoms with Crippen LogP contribution in [0.3, 0.4) is 0 Å². The Kier molecular flexibility index (Phi) is 4.90. The molecule has 1 atom stereocenters. The Morgan fingerprint density at radius 2 is 2.00 bits per heavy atom. The van der Waals surface area contributed by atoms with Crippen molar-refractivity contribution in [3.05, 3.63) is 0 Å². The van der Waals surface area contributed by atoms with E-state index in [9.17, 15) is 18.4 Å². The van der Waals surface area contributed by atoms with Crippen molar-refractivity contribution in [2.75, 3.05) is 19.8 Å². The summed E-state index contributed by atoms with van der Waals surface area (Å²) >= 11 is 0. The molecule has 0 spiro atoms. The summed E-state index contributed by atoms with van der Waals surface area (Å²) in [5, 5.41) is 8.46. The van der Waals surface area contributed by atoms with Gasteiger partial charge in [0.25, 0.3) is 0 Å². The minimum Gasteiger partial charge on any atom is -0.477 e. The van der Waals surface area contributed by atoms with E-state index >= 15 is 0 Å². The minimum atomic E-state index is -3.91. The molecule has 0 saturated carbocycles. The second kappa shape index (κ2) is 5.90. The van der Waals surface area contributed by atoms with Gasteiger partial charge in [0.2, 0.25) is 0 Å². The van der Waals surface area contributed by atoms with E-state index in [2.05, 4.69) is 0 Å². The summed E-state index contributed by atoms with van der Waals surface area (Å²) in [5.41, 5.74) is -0.755. The fourth-order valence-corrected chi connectivity index (χ4v) is 1.77. The van der Waals surface area contributed by atoms with Crippen LogP contribution in [0.4, 0.5) is 13.6 Å². The van der Waals surface area contributed by atoms with E-state index in [4.69, 9.17) is 14.6 Å². The molecule has 1 aliphatic heterocycles. The quantitative estimate of drug-likeness (QED) is 0.858. The largest absolute Gasteiger partial charge is 0.477 e. The lowest BCUT2D eigenvalue weighted by molar-refractivity contribution is -0.169. The van der Waals surface area contributed by atoms with Crippen LogP contribution in [0.1, 0.15) is 27.2 Å². The molecule has 8 heteroatoms. The van der Waals surface area contributed by atoms with Crippen molar-refractivity contribution in [1.82, 2.24) is 4.90 Å². The van der Waals surface area contributed by atoms with Crippen molar-refractivity contribution in [1.29, 1.82) is 0 Å². The number of nitrogens with zero attached hydrogens (tertiary/aromatic N) is 1. The Labute approximate surface area is 115 Å². The predicted molar refractivity (Wildman–Crippen MR) is 64.7 cm³/mol. The van der Waals surface area contributed by atoms with Crippen molar-refractivity contribution in [2.24, 2.45) is 0 Å². The van der Waals surface area contributed by atoms with Gasteiger partial charge in [0, 0.05) is 13.0 Å². The highest BCUT2D eigenvalue weighted by atomic mass is 19.3. The molecule has 0 aromatic heterocycles. The molecule has 0 aromatic carbocycles. The highest BCUT2D eigenvalue weighted by Crippen LogP contribution is 2.26. The first-order chi connectivity index (χ1) is 9.03. The normalized spacial score (nSPS) is 20.6. The van der Waals surface area contributed by atoms with Gasteiger partial charge in [-0.25, -0.2) is 9.59 Å². The first kappa shape index (κ1) is 16.6. The maximum Gasteiger partial charge on any atom is 0.410 e. The summed E-state index contributed by atoms with van der Waals surface area (Å²) < 4.78 is 36.7. The van der Waals surface area contributed by atoms with E-state index in [1.165, 1.54) is 0 Å². The number of carboxylic acids is 1. The fourth-order valence-electron chi connectivity index (χ4n) is 1.77. The number of ether oxygens (including phenoxy) is 2. The van der Waals surface area contributed by atoms with E-state index in [1.807, 2.05) is 0 Å². The average Bonchev–Trinajstić information content (AvgIpc) is 2.26. The molecule has 1 aliphatic rings. The van der Waals surface area contributed by atoms with Crippen LogP contribution in [0.25, 0.3) is 0 Å². The molecule has 0 aromatic rings. The first-order valence-electron chi connectivity index (χ1n) is 6.21. The van der Waals surface area contributed by atoms with Crippen molar-refractivity contribution in [3.63, 3.8) is 0 Å². The van der Waals surface area contributed by atoms with Crippen LogP contribution in [0, 0.1) is 0 Å². The van der Waals surface area contributed by atoms with Crippen molar-refractivity contribution in [3.8, 4) is 0 Å². The monoisotopic (exact) mass is 295 g/mol. The Balaban J connectivity index is 2.77. The molecule has 20 heavy (non-hydrogen) atoms. The zero-order chi connectivity index (χ0) is 15.6. The highest BCUT2D eigenvalue weighted by molar-refractivity contribution is 5.75. The summed E-state index contributed by atoms with van der Waals surface area (Å²) in [6.07, 6.45) is -1.74. The highest BCUT2D eigenvalue weighted by Gasteiger charge is 2.44. The third kappa shape index (κ3) is 4.59. The van der Waals surface area contributed by atoms with E-state index in [0.717, 1.165) is 4.90 Å². The molecule has 1 fully saturated rings. The molecular weight excluding hydrogens is 276 g/mol. The van der Waals surface area contributed by atoms with Crippen LogP contribution in [-0.2, 0) is 14.3 Å². The second-order valence-electron chi connectivity index (χ2n) is 5.62. The SMILES string of the molecule is CC(C)(C)OC(=O)N1CCOCC1CC(F)(F)C(=O)O. The zero-order valence-electron chi connectivity index (χ0n) is 11.7. The number of halogens is 2. The summed E-state index contributed by atoms with van der Waals surface area (Å²) in [5.74, 6) is -6.13. The second-order valence-corrected chi connectivity index (χ2v) is 5.62. The molecule has 0 aliphatic carbocycles. The van der Waals surface area contributed by atoms with Gasteiger partial charge in [-0.2, -0.15) is 8.78 Å². The topological polar surface area (TPSA) is 76.1 Å². The van der Waals surface area contributed by atoms with Gasteiger partial charge >= 0.3 is 18.0 Å². The zero-order valence-corrected chi connectivity index (χ0v) is 11.7. The number of carbonyl (C=O) groups is 2. The first-order valence-corrected chi connectivity index (χ1v) is 6.21. The van der Waals surface area contributed by atoms with Gasteiger partial charge in [-0.1, -0.05) is 0 Å². The number of morpholine rings is 1. The number of carboxylic acid groups (broad SMARTS) is 1. The predicted octanol–water partition coefficient (Wildman–Crippen LogP) is 1.73. The number of aliphatic carboxylic acids is 1. The summed E-state index contributed by atoms with van der Waals surface area (Å²) in [6, 6.07) is -1.02. The standard InChI is InChI=1S/C12H19F2NO5/c1-11(2,3)20-10(18)15-4-5-19-7-8(15)6-12(13,14)9(16)17/h8H,4-7H2,1-3H3,(H,16,17). The molecule has 1 rings (SSSR count). The number of carbonyl (C=O) groups excluding carboxylic acids is 1. The van der Waals surface area contributed by atoms with Gasteiger partial charge in [-0.05, 0) is 20.8 Å². The van der Waals surface area contributed by atoms with Crippen molar-refractivity contribution in [2.45, 2.75) is 44.8 Å². The van der Waals surface area contributed by atoms with Crippen LogP contribution in [0.15, 0.2) is 0 Å². The molecular formula is C12H19F2NO5.